The van der Waals surface area contributed by atoms with Gasteiger partial charge in [-0.15, -0.1) is 0 Å². The minimum Gasteiger partial charge on any atom is -0.353 e. The monoisotopic (exact) mass is 248 g/mol. The van der Waals surface area contributed by atoms with Crippen LogP contribution in [0.3, 0.4) is 0 Å². The zero-order chi connectivity index (χ0) is 13.4. The quantitative estimate of drug-likeness (QED) is 0.777. The molecule has 0 aromatic heterocycles. The summed E-state index contributed by atoms with van der Waals surface area (Å²) < 4.78 is 0. The van der Waals surface area contributed by atoms with Crippen molar-refractivity contribution in [3.63, 3.8) is 0 Å². The van der Waals surface area contributed by atoms with Crippen LogP contribution in [0.2, 0.25) is 0 Å². The highest BCUT2D eigenvalue weighted by molar-refractivity contribution is 5.76. The summed E-state index contributed by atoms with van der Waals surface area (Å²) in [7, 11) is 0. The van der Waals surface area contributed by atoms with Gasteiger partial charge in [-0.25, -0.2) is 0 Å². The van der Waals surface area contributed by atoms with Gasteiger partial charge in [0.05, 0.1) is 0 Å². The lowest BCUT2D eigenvalue weighted by molar-refractivity contribution is -0.122. The van der Waals surface area contributed by atoms with E-state index in [2.05, 4.69) is 24.4 Å². The van der Waals surface area contributed by atoms with Gasteiger partial charge in [-0.05, 0) is 25.3 Å². The molecule has 1 rings (SSSR count). The first-order chi connectivity index (χ1) is 8.61. The first-order valence-corrected chi connectivity index (χ1v) is 6.70. The Hall–Kier alpha value is -1.35. The fourth-order valence-electron chi connectivity index (χ4n) is 2.06. The van der Waals surface area contributed by atoms with Crippen LogP contribution >= 0.6 is 0 Å². The van der Waals surface area contributed by atoms with Gasteiger partial charge in [-0.3, -0.25) is 4.79 Å². The van der Waals surface area contributed by atoms with E-state index in [-0.39, 0.29) is 18.0 Å². The number of carbonyl (C=O) groups excluding carboxylic acids is 1. The summed E-state index contributed by atoms with van der Waals surface area (Å²) in [6.07, 6.45) is 3.21. The molecule has 2 unspecified atom stereocenters. The molecule has 0 saturated heterocycles. The SMILES string of the molecule is CCCC(N)CC(=O)NC(C)Cc1ccccc1. The van der Waals surface area contributed by atoms with Crippen LogP contribution in [0.15, 0.2) is 30.3 Å². The van der Waals surface area contributed by atoms with Crippen molar-refractivity contribution in [2.45, 2.75) is 51.6 Å². The summed E-state index contributed by atoms with van der Waals surface area (Å²) in [5.41, 5.74) is 7.09. The van der Waals surface area contributed by atoms with E-state index in [4.69, 9.17) is 5.73 Å². The lowest BCUT2D eigenvalue weighted by Crippen LogP contribution is -2.37. The van der Waals surface area contributed by atoms with E-state index in [1.165, 1.54) is 5.56 Å². The first kappa shape index (κ1) is 14.7. The van der Waals surface area contributed by atoms with E-state index < -0.39 is 0 Å². The Morgan fingerprint density at radius 1 is 1.33 bits per heavy atom. The molecule has 3 N–H and O–H groups in total. The number of benzene rings is 1. The van der Waals surface area contributed by atoms with Crippen molar-refractivity contribution >= 4 is 5.91 Å². The van der Waals surface area contributed by atoms with Gasteiger partial charge >= 0.3 is 0 Å². The number of amides is 1. The second-order valence-corrected chi connectivity index (χ2v) is 4.91. The minimum absolute atomic E-state index is 0.0149. The van der Waals surface area contributed by atoms with Gasteiger partial charge in [0, 0.05) is 18.5 Å². The molecule has 0 heterocycles. The van der Waals surface area contributed by atoms with Crippen LogP contribution in [0.4, 0.5) is 0 Å². The fourth-order valence-corrected chi connectivity index (χ4v) is 2.06. The van der Waals surface area contributed by atoms with Gasteiger partial charge in [0.1, 0.15) is 0 Å². The smallest absolute Gasteiger partial charge is 0.221 e. The fraction of sp³-hybridized carbons (Fsp3) is 0.533. The molecule has 3 heteroatoms. The summed E-state index contributed by atoms with van der Waals surface area (Å²) in [5.74, 6) is 0.0550. The molecular formula is C15H24N2O. The molecular weight excluding hydrogens is 224 g/mol. The van der Waals surface area contributed by atoms with Gasteiger partial charge in [-0.2, -0.15) is 0 Å². The maximum atomic E-state index is 11.7. The molecule has 18 heavy (non-hydrogen) atoms. The third kappa shape index (κ3) is 5.82. The van der Waals surface area contributed by atoms with Gasteiger partial charge in [0.15, 0.2) is 0 Å². The molecule has 2 atom stereocenters. The van der Waals surface area contributed by atoms with Crippen molar-refractivity contribution < 1.29 is 4.79 Å². The largest absolute Gasteiger partial charge is 0.353 e. The van der Waals surface area contributed by atoms with Crippen molar-refractivity contribution in [1.29, 1.82) is 0 Å². The molecule has 0 spiro atoms. The highest BCUT2D eigenvalue weighted by atomic mass is 16.1. The summed E-state index contributed by atoms with van der Waals surface area (Å²) in [6.45, 7) is 4.10. The van der Waals surface area contributed by atoms with Gasteiger partial charge in [0.25, 0.3) is 0 Å². The van der Waals surface area contributed by atoms with Crippen molar-refractivity contribution in [2.24, 2.45) is 5.73 Å². The molecule has 0 saturated carbocycles. The van der Waals surface area contributed by atoms with Gasteiger partial charge in [-0.1, -0.05) is 43.7 Å². The van der Waals surface area contributed by atoms with E-state index >= 15 is 0 Å². The number of hydrogen-bond acceptors (Lipinski definition) is 2. The highest BCUT2D eigenvalue weighted by Crippen LogP contribution is 2.04. The molecule has 1 amide bonds. The minimum atomic E-state index is -0.0149. The zero-order valence-electron chi connectivity index (χ0n) is 11.4. The Balaban J connectivity index is 2.31. The predicted molar refractivity (Wildman–Crippen MR) is 75.3 cm³/mol. The number of rotatable bonds is 7. The Labute approximate surface area is 110 Å². The summed E-state index contributed by atoms with van der Waals surface area (Å²) in [4.78, 5) is 11.7. The number of carbonyl (C=O) groups is 1. The standard InChI is InChI=1S/C15H24N2O/c1-3-7-14(16)11-15(18)17-12(2)10-13-8-5-4-6-9-13/h4-6,8-9,12,14H,3,7,10-11,16H2,1-2H3,(H,17,18). The number of hydrogen-bond donors (Lipinski definition) is 2. The third-order valence-corrected chi connectivity index (χ3v) is 2.90. The molecule has 3 nitrogen and oxygen atoms in total. The molecule has 0 bridgehead atoms. The van der Waals surface area contributed by atoms with Crippen LogP contribution in [0.1, 0.15) is 38.7 Å². The second-order valence-electron chi connectivity index (χ2n) is 4.91. The van der Waals surface area contributed by atoms with Crippen LogP contribution in [0.25, 0.3) is 0 Å². The third-order valence-electron chi connectivity index (χ3n) is 2.90. The molecule has 1 aromatic carbocycles. The normalized spacial score (nSPS) is 13.9. The van der Waals surface area contributed by atoms with Crippen LogP contribution in [-0.2, 0) is 11.2 Å². The second kappa shape index (κ2) is 7.88. The van der Waals surface area contributed by atoms with E-state index in [9.17, 15) is 4.79 Å². The van der Waals surface area contributed by atoms with E-state index in [1.54, 1.807) is 0 Å². The molecule has 0 radical (unpaired) electrons. The van der Waals surface area contributed by atoms with Gasteiger partial charge in [0.2, 0.25) is 5.91 Å². The average molecular weight is 248 g/mol. The van der Waals surface area contributed by atoms with Crippen LogP contribution in [0.5, 0.6) is 0 Å². The lowest BCUT2D eigenvalue weighted by Gasteiger charge is -2.16. The maximum Gasteiger partial charge on any atom is 0.221 e. The Morgan fingerprint density at radius 3 is 2.61 bits per heavy atom. The predicted octanol–water partition coefficient (Wildman–Crippen LogP) is 2.25. The summed E-state index contributed by atoms with van der Waals surface area (Å²) in [6, 6.07) is 10.3. The maximum absolute atomic E-state index is 11.7. The Morgan fingerprint density at radius 2 is 2.00 bits per heavy atom. The van der Waals surface area contributed by atoms with Crippen LogP contribution in [0, 0.1) is 0 Å². The van der Waals surface area contributed by atoms with Crippen LogP contribution < -0.4 is 11.1 Å². The van der Waals surface area contributed by atoms with Crippen molar-refractivity contribution in [2.75, 3.05) is 0 Å². The van der Waals surface area contributed by atoms with E-state index in [0.29, 0.717) is 6.42 Å². The first-order valence-electron chi connectivity index (χ1n) is 6.70. The summed E-state index contributed by atoms with van der Waals surface area (Å²) in [5, 5.41) is 3.00. The van der Waals surface area contributed by atoms with Crippen molar-refractivity contribution in [1.82, 2.24) is 5.32 Å². The Kier molecular flexibility index (Phi) is 6.44. The zero-order valence-corrected chi connectivity index (χ0v) is 11.4. The molecule has 100 valence electrons. The van der Waals surface area contributed by atoms with Crippen molar-refractivity contribution in [3.05, 3.63) is 35.9 Å². The lowest BCUT2D eigenvalue weighted by atomic mass is 10.1. The molecule has 0 aliphatic rings. The Bertz CT molecular complexity index is 351. The average Bonchev–Trinajstić information content (AvgIpc) is 2.29. The molecule has 0 aliphatic heterocycles. The number of nitrogens with one attached hydrogen (secondary N) is 1. The van der Waals surface area contributed by atoms with Gasteiger partial charge < -0.3 is 11.1 Å². The molecule has 1 aromatic rings. The van der Waals surface area contributed by atoms with Crippen LogP contribution in [-0.4, -0.2) is 18.0 Å². The van der Waals surface area contributed by atoms with Crippen molar-refractivity contribution in [3.8, 4) is 0 Å². The molecule has 0 aliphatic carbocycles. The topological polar surface area (TPSA) is 55.1 Å². The summed E-state index contributed by atoms with van der Waals surface area (Å²) >= 11 is 0. The van der Waals surface area contributed by atoms with E-state index in [1.807, 2.05) is 25.1 Å². The molecule has 0 fully saturated rings. The number of nitrogens with two attached hydrogens (primary N) is 1. The highest BCUT2D eigenvalue weighted by Gasteiger charge is 2.11. The van der Waals surface area contributed by atoms with E-state index in [0.717, 1.165) is 19.3 Å².